The van der Waals surface area contributed by atoms with Crippen molar-refractivity contribution in [2.24, 2.45) is 17.6 Å². The van der Waals surface area contributed by atoms with Crippen LogP contribution in [0.15, 0.2) is 24.3 Å². The van der Waals surface area contributed by atoms with Gasteiger partial charge in [0.25, 0.3) is 0 Å². The average Bonchev–Trinajstić information content (AvgIpc) is 2.97. The van der Waals surface area contributed by atoms with Crippen LogP contribution >= 0.6 is 12.4 Å². The van der Waals surface area contributed by atoms with Crippen LogP contribution in [-0.4, -0.2) is 38.6 Å². The lowest BCUT2D eigenvalue weighted by molar-refractivity contribution is -0.131. The van der Waals surface area contributed by atoms with E-state index < -0.39 is 11.8 Å². The van der Waals surface area contributed by atoms with E-state index in [1.165, 1.54) is 0 Å². The van der Waals surface area contributed by atoms with Crippen LogP contribution in [0.1, 0.15) is 5.56 Å². The van der Waals surface area contributed by atoms with Crippen molar-refractivity contribution in [2.75, 3.05) is 26.7 Å². The maximum absolute atomic E-state index is 12.1. The Kier molecular flexibility index (Phi) is 7.14. The summed E-state index contributed by atoms with van der Waals surface area (Å²) in [5.74, 6) is -0.499. The molecule has 1 fully saturated rings. The minimum Gasteiger partial charge on any atom is -0.497 e. The van der Waals surface area contributed by atoms with Gasteiger partial charge in [0, 0.05) is 19.6 Å². The van der Waals surface area contributed by atoms with Crippen LogP contribution in [0, 0.1) is 11.8 Å². The molecule has 1 saturated heterocycles. The van der Waals surface area contributed by atoms with Gasteiger partial charge in [-0.25, -0.2) is 0 Å². The van der Waals surface area contributed by atoms with Crippen molar-refractivity contribution in [3.8, 4) is 5.75 Å². The molecule has 0 spiro atoms. The molecule has 2 unspecified atom stereocenters. The summed E-state index contributed by atoms with van der Waals surface area (Å²) < 4.78 is 5.09. The van der Waals surface area contributed by atoms with Crippen molar-refractivity contribution in [3.63, 3.8) is 0 Å². The number of hydrogen-bond donors (Lipinski definition) is 3. The van der Waals surface area contributed by atoms with E-state index in [1.54, 1.807) is 7.11 Å². The van der Waals surface area contributed by atoms with Gasteiger partial charge in [-0.3, -0.25) is 9.59 Å². The van der Waals surface area contributed by atoms with Gasteiger partial charge in [0.1, 0.15) is 5.75 Å². The van der Waals surface area contributed by atoms with E-state index in [9.17, 15) is 9.59 Å². The number of ether oxygens (including phenoxy) is 1. The lowest BCUT2D eigenvalue weighted by Crippen LogP contribution is -2.40. The number of carbonyl (C=O) groups is 2. The molecule has 0 aliphatic carbocycles. The number of halogens is 1. The molecule has 6 nitrogen and oxygen atoms in total. The number of hydrogen-bond acceptors (Lipinski definition) is 4. The predicted octanol–water partition coefficient (Wildman–Crippen LogP) is 0.0966. The molecule has 2 atom stereocenters. The minimum absolute atomic E-state index is 0. The Balaban J connectivity index is 0.00000242. The van der Waals surface area contributed by atoms with E-state index in [-0.39, 0.29) is 24.2 Å². The Morgan fingerprint density at radius 2 is 1.91 bits per heavy atom. The van der Waals surface area contributed by atoms with E-state index in [2.05, 4.69) is 10.6 Å². The van der Waals surface area contributed by atoms with Crippen LogP contribution < -0.4 is 21.1 Å². The first-order chi connectivity index (χ1) is 10.1. The third-order valence-electron chi connectivity index (χ3n) is 3.79. The lowest BCUT2D eigenvalue weighted by Gasteiger charge is -2.15. The third-order valence-corrected chi connectivity index (χ3v) is 3.79. The number of carbonyl (C=O) groups excluding carboxylic acids is 2. The van der Waals surface area contributed by atoms with E-state index in [4.69, 9.17) is 10.5 Å². The number of amides is 2. The zero-order chi connectivity index (χ0) is 15.2. The van der Waals surface area contributed by atoms with Gasteiger partial charge in [-0.2, -0.15) is 0 Å². The monoisotopic (exact) mass is 327 g/mol. The minimum atomic E-state index is -0.421. The molecule has 0 aromatic heterocycles. The number of benzene rings is 1. The quantitative estimate of drug-likeness (QED) is 0.690. The average molecular weight is 328 g/mol. The predicted molar refractivity (Wildman–Crippen MR) is 86.0 cm³/mol. The standard InChI is InChI=1S/C15H21N3O3.ClH/c1-21-11-4-2-10(3-5-11)6-7-18-15(20)13-9-17-8-12(13)14(16)19;/h2-5,12-13,17H,6-9H2,1H3,(H2,16,19)(H,18,20);1H. The molecule has 122 valence electrons. The van der Waals surface area contributed by atoms with E-state index >= 15 is 0 Å². The molecule has 2 rings (SSSR count). The van der Waals surface area contributed by atoms with Gasteiger partial charge in [0.05, 0.1) is 18.9 Å². The zero-order valence-corrected chi connectivity index (χ0v) is 13.3. The maximum atomic E-state index is 12.1. The van der Waals surface area contributed by atoms with Crippen molar-refractivity contribution in [1.29, 1.82) is 0 Å². The number of methoxy groups -OCH3 is 1. The normalized spacial score (nSPS) is 20.0. The Hall–Kier alpha value is -1.79. The summed E-state index contributed by atoms with van der Waals surface area (Å²) in [6, 6.07) is 7.71. The van der Waals surface area contributed by atoms with Gasteiger partial charge in [0.15, 0.2) is 0 Å². The lowest BCUT2D eigenvalue weighted by atomic mass is 9.94. The van der Waals surface area contributed by atoms with E-state index in [1.807, 2.05) is 24.3 Å². The number of nitrogens with two attached hydrogens (primary N) is 1. The van der Waals surface area contributed by atoms with E-state index in [0.717, 1.165) is 17.7 Å². The first-order valence-electron chi connectivity index (χ1n) is 7.02. The second-order valence-electron chi connectivity index (χ2n) is 5.16. The molecule has 0 saturated carbocycles. The summed E-state index contributed by atoms with van der Waals surface area (Å²) >= 11 is 0. The van der Waals surface area contributed by atoms with Crippen molar-refractivity contribution < 1.29 is 14.3 Å². The highest BCUT2D eigenvalue weighted by Crippen LogP contribution is 2.16. The fourth-order valence-corrected chi connectivity index (χ4v) is 2.51. The molecule has 4 N–H and O–H groups in total. The van der Waals surface area contributed by atoms with Crippen LogP contribution in [0.2, 0.25) is 0 Å². The molecule has 1 aliphatic rings. The number of primary amides is 1. The first kappa shape index (κ1) is 18.3. The third kappa shape index (κ3) is 4.61. The maximum Gasteiger partial charge on any atom is 0.225 e. The Morgan fingerprint density at radius 3 is 2.50 bits per heavy atom. The fraction of sp³-hybridized carbons (Fsp3) is 0.467. The molecular weight excluding hydrogens is 306 g/mol. The second-order valence-corrected chi connectivity index (χ2v) is 5.16. The topological polar surface area (TPSA) is 93.4 Å². The van der Waals surface area contributed by atoms with Crippen LogP contribution in [-0.2, 0) is 16.0 Å². The molecule has 1 heterocycles. The number of nitrogens with one attached hydrogen (secondary N) is 2. The SMILES string of the molecule is COc1ccc(CCNC(=O)C2CNCC2C(N)=O)cc1.Cl. The molecule has 7 heteroatoms. The van der Waals surface area contributed by atoms with Crippen LogP contribution in [0.3, 0.4) is 0 Å². The summed E-state index contributed by atoms with van der Waals surface area (Å²) in [6.45, 7) is 1.51. The van der Waals surface area contributed by atoms with Crippen LogP contribution in [0.4, 0.5) is 0 Å². The summed E-state index contributed by atoms with van der Waals surface area (Å²) in [6.07, 6.45) is 0.733. The summed E-state index contributed by atoms with van der Waals surface area (Å²) in [5.41, 5.74) is 6.42. The molecule has 2 amide bonds. The van der Waals surface area contributed by atoms with Crippen molar-refractivity contribution >= 4 is 24.2 Å². The van der Waals surface area contributed by atoms with Crippen molar-refractivity contribution in [3.05, 3.63) is 29.8 Å². The molecule has 1 aromatic rings. The Morgan fingerprint density at radius 1 is 1.27 bits per heavy atom. The van der Waals surface area contributed by atoms with Crippen LogP contribution in [0.25, 0.3) is 0 Å². The van der Waals surface area contributed by atoms with E-state index in [0.29, 0.717) is 19.6 Å². The molecule has 0 radical (unpaired) electrons. The summed E-state index contributed by atoms with van der Waals surface area (Å²) in [7, 11) is 1.63. The van der Waals surface area contributed by atoms with Gasteiger partial charge in [-0.1, -0.05) is 12.1 Å². The first-order valence-corrected chi connectivity index (χ1v) is 7.02. The second kappa shape index (κ2) is 8.60. The molecular formula is C15H22ClN3O3. The van der Waals surface area contributed by atoms with Gasteiger partial charge in [0.2, 0.25) is 11.8 Å². The number of rotatable bonds is 6. The van der Waals surface area contributed by atoms with Gasteiger partial charge >= 0.3 is 0 Å². The highest BCUT2D eigenvalue weighted by Gasteiger charge is 2.36. The summed E-state index contributed by atoms with van der Waals surface area (Å²) in [5, 5.41) is 5.90. The Bertz CT molecular complexity index is 507. The molecule has 1 aliphatic heterocycles. The molecule has 0 bridgehead atoms. The van der Waals surface area contributed by atoms with Gasteiger partial charge in [-0.15, -0.1) is 12.4 Å². The smallest absolute Gasteiger partial charge is 0.225 e. The van der Waals surface area contributed by atoms with Gasteiger partial charge in [-0.05, 0) is 24.1 Å². The Labute approximate surface area is 136 Å². The highest BCUT2D eigenvalue weighted by molar-refractivity contribution is 5.87. The largest absolute Gasteiger partial charge is 0.497 e. The summed E-state index contributed by atoms with van der Waals surface area (Å²) in [4.78, 5) is 23.3. The van der Waals surface area contributed by atoms with Crippen LogP contribution in [0.5, 0.6) is 5.75 Å². The zero-order valence-electron chi connectivity index (χ0n) is 12.5. The van der Waals surface area contributed by atoms with Crippen molar-refractivity contribution in [1.82, 2.24) is 10.6 Å². The molecule has 1 aromatic carbocycles. The van der Waals surface area contributed by atoms with Crippen molar-refractivity contribution in [2.45, 2.75) is 6.42 Å². The van der Waals surface area contributed by atoms with Gasteiger partial charge < -0.3 is 21.1 Å². The molecule has 22 heavy (non-hydrogen) atoms. The highest BCUT2D eigenvalue weighted by atomic mass is 35.5. The fourth-order valence-electron chi connectivity index (χ4n) is 2.51.